The van der Waals surface area contributed by atoms with Crippen LogP contribution in [0.15, 0.2) is 170 Å². The maximum absolute atomic E-state index is 13.9. The van der Waals surface area contributed by atoms with Crippen molar-refractivity contribution in [3.63, 3.8) is 0 Å². The van der Waals surface area contributed by atoms with Crippen molar-refractivity contribution in [1.82, 2.24) is 10.6 Å². The van der Waals surface area contributed by atoms with Gasteiger partial charge in [-0.15, -0.1) is 0 Å². The zero-order chi connectivity index (χ0) is 47.6. The first-order valence-corrected chi connectivity index (χ1v) is 23.2. The molecule has 346 valence electrons. The van der Waals surface area contributed by atoms with E-state index in [1.54, 1.807) is 14.2 Å². The van der Waals surface area contributed by atoms with E-state index in [1.807, 2.05) is 100 Å². The number of aryl methyl sites for hydroxylation is 2. The highest BCUT2D eigenvalue weighted by Gasteiger charge is 2.25. The van der Waals surface area contributed by atoms with Crippen LogP contribution in [-0.2, 0) is 0 Å². The van der Waals surface area contributed by atoms with Crippen LogP contribution in [-0.4, -0.2) is 26.0 Å². The predicted octanol–water partition coefficient (Wildman–Crippen LogP) is 15.5. The zero-order valence-electron chi connectivity index (χ0n) is 40.0. The lowest BCUT2D eigenvalue weighted by atomic mass is 9.84. The first-order valence-electron chi connectivity index (χ1n) is 23.2. The monoisotopic (exact) mass is 908 g/mol. The summed E-state index contributed by atoms with van der Waals surface area (Å²) in [4.78, 5) is 27.6. The zero-order valence-corrected chi connectivity index (χ0v) is 40.0. The number of benzene rings is 9. The second kappa shape index (κ2) is 20.1. The molecule has 0 heterocycles. The average Bonchev–Trinajstić information content (AvgIpc) is 3.36. The second-order valence-corrected chi connectivity index (χ2v) is 17.8. The van der Waals surface area contributed by atoms with Crippen molar-refractivity contribution in [2.45, 2.75) is 61.1 Å². The smallest absolute Gasteiger partial charge is 0.259 e. The Bertz CT molecular complexity index is 3320. The van der Waals surface area contributed by atoms with E-state index in [1.165, 1.54) is 16.5 Å². The number of ether oxygens (including phenoxy) is 2. The summed E-state index contributed by atoms with van der Waals surface area (Å²) in [5.74, 6) is 0.509. The lowest BCUT2D eigenvalue weighted by Gasteiger charge is -2.21. The number of carbonyl (C=O) groups is 2. The molecule has 2 amide bonds. The van der Waals surface area contributed by atoms with Gasteiger partial charge in [-0.1, -0.05) is 165 Å². The molecule has 0 aromatic heterocycles. The molecule has 0 saturated heterocycles. The Balaban J connectivity index is 0.00000642. The van der Waals surface area contributed by atoms with Crippen LogP contribution in [0.4, 0.5) is 0 Å². The standard InChI is InChI=1S/C62H56N2O4.CH4/c1-37-33-47(34-38(2)57(37)61(65)63-41(5)43-19-11-9-12-20-43)51-27-15-23-45-25-17-29-53(58(45)51)49-31-32-50(40(4)39(49)3)54-30-18-26-46-24-16-28-52(59(46)54)48-35-55(67-7)60(56(36-48)68-8)62(66)64-42(6)44-21-13-10-14-22-44;/h9-36,41-42H,1-8H3,(H,63,65)(H,64,66);1H4. The van der Waals surface area contributed by atoms with Crippen LogP contribution in [0.2, 0.25) is 0 Å². The fraction of sp³-hybridized carbons (Fsp3) is 0.175. The van der Waals surface area contributed by atoms with Crippen molar-refractivity contribution in [1.29, 1.82) is 0 Å². The normalized spacial score (nSPS) is 11.9. The molecule has 69 heavy (non-hydrogen) atoms. The van der Waals surface area contributed by atoms with Gasteiger partial charge in [0.05, 0.1) is 26.3 Å². The van der Waals surface area contributed by atoms with E-state index in [0.717, 1.165) is 82.9 Å². The molecule has 2 atom stereocenters. The molecule has 0 aliphatic heterocycles. The number of amides is 2. The first kappa shape index (κ1) is 47.5. The largest absolute Gasteiger partial charge is 0.496 e. The molecule has 0 aliphatic carbocycles. The van der Waals surface area contributed by atoms with Crippen LogP contribution in [0, 0.1) is 27.7 Å². The van der Waals surface area contributed by atoms with E-state index in [2.05, 4.69) is 122 Å². The Kier molecular flexibility index (Phi) is 13.8. The van der Waals surface area contributed by atoms with Crippen LogP contribution in [0.25, 0.3) is 66.1 Å². The van der Waals surface area contributed by atoms with Gasteiger partial charge in [0, 0.05) is 5.56 Å². The van der Waals surface area contributed by atoms with Gasteiger partial charge in [0.25, 0.3) is 11.8 Å². The fourth-order valence-electron chi connectivity index (χ4n) is 9.97. The van der Waals surface area contributed by atoms with E-state index >= 15 is 0 Å². The van der Waals surface area contributed by atoms with Crippen LogP contribution in [0.1, 0.15) is 87.5 Å². The summed E-state index contributed by atoms with van der Waals surface area (Å²) >= 11 is 0. The molecule has 9 aromatic carbocycles. The van der Waals surface area contributed by atoms with Crippen molar-refractivity contribution in [2.24, 2.45) is 0 Å². The van der Waals surface area contributed by atoms with E-state index in [-0.39, 0.29) is 31.3 Å². The van der Waals surface area contributed by atoms with E-state index in [0.29, 0.717) is 22.6 Å². The van der Waals surface area contributed by atoms with Gasteiger partial charge >= 0.3 is 0 Å². The summed E-state index contributed by atoms with van der Waals surface area (Å²) < 4.78 is 11.9. The van der Waals surface area contributed by atoms with Gasteiger partial charge in [0.2, 0.25) is 0 Å². The van der Waals surface area contributed by atoms with Crippen molar-refractivity contribution in [3.8, 4) is 56.0 Å². The molecule has 9 rings (SSSR count). The van der Waals surface area contributed by atoms with Gasteiger partial charge < -0.3 is 20.1 Å². The minimum Gasteiger partial charge on any atom is -0.496 e. The minimum absolute atomic E-state index is 0. The van der Waals surface area contributed by atoms with Crippen LogP contribution in [0.3, 0.4) is 0 Å². The van der Waals surface area contributed by atoms with Crippen LogP contribution < -0.4 is 20.1 Å². The third-order valence-electron chi connectivity index (χ3n) is 13.6. The minimum atomic E-state index is -0.276. The molecule has 6 heteroatoms. The SMILES string of the molecule is C.COc1cc(-c2cccc3cccc(-c4ccc(-c5cccc6cccc(-c7cc(C)c(C(=O)NC(C)c8ccccc8)c(C)c7)c56)c(C)c4C)c23)cc(OC)c1C(=O)NC(C)c1ccccc1. The number of methoxy groups -OCH3 is 2. The summed E-state index contributed by atoms with van der Waals surface area (Å²) in [6.45, 7) is 12.5. The van der Waals surface area contributed by atoms with Gasteiger partial charge in [-0.05, 0) is 153 Å². The van der Waals surface area contributed by atoms with Gasteiger partial charge in [-0.3, -0.25) is 9.59 Å². The molecule has 6 nitrogen and oxygen atoms in total. The number of carbonyl (C=O) groups excluding carboxylic acids is 2. The molecule has 0 bridgehead atoms. The van der Waals surface area contributed by atoms with Gasteiger partial charge in [0.15, 0.2) is 0 Å². The lowest BCUT2D eigenvalue weighted by molar-refractivity contribution is 0.0927. The molecule has 2 unspecified atom stereocenters. The highest BCUT2D eigenvalue weighted by molar-refractivity contribution is 6.10. The summed E-state index contributed by atoms with van der Waals surface area (Å²) in [6.07, 6.45) is 0. The summed E-state index contributed by atoms with van der Waals surface area (Å²) in [7, 11) is 3.18. The Hall–Kier alpha value is -7.96. The Morgan fingerprint density at radius 3 is 1.17 bits per heavy atom. The maximum atomic E-state index is 13.9. The van der Waals surface area contributed by atoms with Crippen molar-refractivity contribution < 1.29 is 19.1 Å². The lowest BCUT2D eigenvalue weighted by Crippen LogP contribution is -2.28. The Morgan fingerprint density at radius 2 is 0.783 bits per heavy atom. The third-order valence-corrected chi connectivity index (χ3v) is 13.6. The molecule has 2 N–H and O–H groups in total. The number of hydrogen-bond acceptors (Lipinski definition) is 4. The molecule has 9 aromatic rings. The topological polar surface area (TPSA) is 76.7 Å². The molecule has 0 fully saturated rings. The maximum Gasteiger partial charge on any atom is 0.259 e. The third kappa shape index (κ3) is 9.11. The molecule has 0 aliphatic rings. The molecular weight excluding hydrogens is 849 g/mol. The molecule has 0 saturated carbocycles. The number of rotatable bonds is 12. The number of hydrogen-bond donors (Lipinski definition) is 2. The Labute approximate surface area is 407 Å². The van der Waals surface area contributed by atoms with Crippen molar-refractivity contribution in [2.75, 3.05) is 14.2 Å². The second-order valence-electron chi connectivity index (χ2n) is 17.8. The molecule has 0 radical (unpaired) electrons. The highest BCUT2D eigenvalue weighted by atomic mass is 16.5. The van der Waals surface area contributed by atoms with Crippen LogP contribution >= 0.6 is 0 Å². The summed E-state index contributed by atoms with van der Waals surface area (Å²) in [6, 6.07) is 58.1. The number of nitrogens with one attached hydrogen (secondary N) is 2. The average molecular weight is 909 g/mol. The summed E-state index contributed by atoms with van der Waals surface area (Å²) in [5.41, 5.74) is 16.0. The van der Waals surface area contributed by atoms with Gasteiger partial charge in [-0.25, -0.2) is 0 Å². The van der Waals surface area contributed by atoms with Crippen molar-refractivity contribution >= 4 is 33.4 Å². The van der Waals surface area contributed by atoms with Gasteiger partial charge in [-0.2, -0.15) is 0 Å². The van der Waals surface area contributed by atoms with Crippen molar-refractivity contribution in [3.05, 3.63) is 214 Å². The molecular formula is C63H60N2O4. The Morgan fingerprint density at radius 1 is 0.420 bits per heavy atom. The summed E-state index contributed by atoms with van der Waals surface area (Å²) in [5, 5.41) is 10.9. The van der Waals surface area contributed by atoms with Crippen LogP contribution in [0.5, 0.6) is 11.5 Å². The molecule has 0 spiro atoms. The first-order chi connectivity index (χ1) is 33.0. The predicted molar refractivity (Wildman–Crippen MR) is 287 cm³/mol. The van der Waals surface area contributed by atoms with E-state index in [4.69, 9.17) is 9.47 Å². The quantitative estimate of drug-likeness (QED) is 0.128. The van der Waals surface area contributed by atoms with E-state index in [9.17, 15) is 9.59 Å². The number of fused-ring (bicyclic) bond motifs is 2. The fourth-order valence-corrected chi connectivity index (χ4v) is 9.97. The van der Waals surface area contributed by atoms with Gasteiger partial charge in [0.1, 0.15) is 17.1 Å². The van der Waals surface area contributed by atoms with E-state index < -0.39 is 0 Å². The highest BCUT2D eigenvalue weighted by Crippen LogP contribution is 2.45.